The smallest absolute Gasteiger partial charge is 0.303 e. The fraction of sp³-hybridized carbons (Fsp3) is 0.967. The van der Waals surface area contributed by atoms with E-state index >= 15 is 0 Å². The summed E-state index contributed by atoms with van der Waals surface area (Å²) in [6, 6.07) is 0. The molecule has 0 aliphatic rings. The zero-order valence-corrected chi connectivity index (χ0v) is 23.4. The van der Waals surface area contributed by atoms with Gasteiger partial charge in [0.2, 0.25) is 0 Å². The zero-order chi connectivity index (χ0) is 25.2. The summed E-state index contributed by atoms with van der Waals surface area (Å²) >= 11 is 0. The van der Waals surface area contributed by atoms with Crippen LogP contribution in [0.3, 0.4) is 0 Å². The molecule has 0 bridgehead atoms. The van der Waals surface area contributed by atoms with Gasteiger partial charge in [0, 0.05) is 6.42 Å². The summed E-state index contributed by atoms with van der Waals surface area (Å²) in [4.78, 5) is 10.2. The maximum atomic E-state index is 10.2. The maximum Gasteiger partial charge on any atom is 0.303 e. The summed E-state index contributed by atoms with van der Waals surface area (Å²) in [5, 5.41) is 18.3. The van der Waals surface area contributed by atoms with E-state index in [4.69, 9.17) is 5.11 Å². The highest BCUT2D eigenvalue weighted by molar-refractivity contribution is 5.66. The van der Waals surface area contributed by atoms with Gasteiger partial charge >= 0.3 is 5.97 Å². The van der Waals surface area contributed by atoms with Crippen molar-refractivity contribution in [2.75, 3.05) is 0 Å². The van der Waals surface area contributed by atoms with Crippen molar-refractivity contribution in [1.82, 2.24) is 0 Å². The molecule has 0 saturated heterocycles. The van der Waals surface area contributed by atoms with E-state index in [-0.39, 0.29) is 6.10 Å². The van der Waals surface area contributed by atoms with Crippen LogP contribution in [-0.4, -0.2) is 22.3 Å². The van der Waals surface area contributed by atoms with Crippen molar-refractivity contribution in [1.29, 1.82) is 0 Å². The molecule has 2 N–H and O–H groups in total. The molecule has 33 heavy (non-hydrogen) atoms. The average molecular weight is 471 g/mol. The highest BCUT2D eigenvalue weighted by atomic mass is 16.4. The second kappa shape index (κ2) is 26.0. The topological polar surface area (TPSA) is 57.5 Å². The molecule has 0 aromatic heterocycles. The highest BCUT2D eigenvalue weighted by Gasteiger charge is 2.09. The van der Waals surface area contributed by atoms with Crippen molar-refractivity contribution >= 4 is 5.97 Å². The number of aliphatic hydroxyl groups excluding tert-OH is 1. The predicted molar refractivity (Wildman–Crippen MR) is 146 cm³/mol. The molecule has 0 amide bonds. The van der Waals surface area contributed by atoms with Gasteiger partial charge in [-0.2, -0.15) is 0 Å². The Hall–Kier alpha value is -0.570. The number of rotatable bonds is 22. The van der Waals surface area contributed by atoms with Gasteiger partial charge in [0.25, 0.3) is 0 Å². The standard InChI is InChI=1S/C20H42O.C10H20O2/c1-3-5-7-9-11-12-13-15-17-19-20(21)18-16-14-10-8-6-4-2;1-10(2,3)8-6-4-5-7-9(11)12/h20-21H,3-19H2,1-2H3;4-8H2,1-3H3,(H,11,12). The van der Waals surface area contributed by atoms with E-state index in [2.05, 4.69) is 34.6 Å². The number of hydrogen-bond acceptors (Lipinski definition) is 2. The molecule has 3 heteroatoms. The van der Waals surface area contributed by atoms with E-state index in [0.717, 1.165) is 32.1 Å². The number of carboxylic acids is 1. The third kappa shape index (κ3) is 36.2. The van der Waals surface area contributed by atoms with Crippen LogP contribution in [0.5, 0.6) is 0 Å². The predicted octanol–water partition coefficient (Wildman–Crippen LogP) is 10.1. The summed E-state index contributed by atoms with van der Waals surface area (Å²) in [5.41, 5.74) is 0.392. The molecule has 0 spiro atoms. The lowest BCUT2D eigenvalue weighted by Gasteiger charge is -2.17. The number of unbranched alkanes of at least 4 members (excludes halogenated alkanes) is 15. The first-order valence-electron chi connectivity index (χ1n) is 14.6. The lowest BCUT2D eigenvalue weighted by Crippen LogP contribution is -2.05. The van der Waals surface area contributed by atoms with E-state index in [0.29, 0.717) is 11.8 Å². The Morgan fingerprint density at radius 3 is 1.33 bits per heavy atom. The number of carboxylic acid groups (broad SMARTS) is 1. The van der Waals surface area contributed by atoms with Crippen molar-refractivity contribution < 1.29 is 15.0 Å². The van der Waals surface area contributed by atoms with Crippen LogP contribution < -0.4 is 0 Å². The van der Waals surface area contributed by atoms with Gasteiger partial charge in [-0.15, -0.1) is 0 Å². The van der Waals surface area contributed by atoms with Gasteiger partial charge in [0.15, 0.2) is 0 Å². The van der Waals surface area contributed by atoms with Gasteiger partial charge < -0.3 is 10.2 Å². The first kappa shape index (κ1) is 34.6. The van der Waals surface area contributed by atoms with Crippen molar-refractivity contribution in [3.05, 3.63) is 0 Å². The average Bonchev–Trinajstić information content (AvgIpc) is 2.74. The molecule has 0 aromatic rings. The molecule has 1 atom stereocenters. The third-order valence-electron chi connectivity index (χ3n) is 6.35. The number of carbonyl (C=O) groups is 1. The Morgan fingerprint density at radius 2 is 0.970 bits per heavy atom. The minimum absolute atomic E-state index is 0.0271. The van der Waals surface area contributed by atoms with E-state index in [1.165, 1.54) is 103 Å². The van der Waals surface area contributed by atoms with Gasteiger partial charge in [-0.1, -0.05) is 144 Å². The summed E-state index contributed by atoms with van der Waals surface area (Å²) in [5.74, 6) is -0.675. The van der Waals surface area contributed by atoms with Crippen molar-refractivity contribution in [3.63, 3.8) is 0 Å². The normalized spacial score (nSPS) is 12.3. The van der Waals surface area contributed by atoms with Gasteiger partial charge in [0.1, 0.15) is 0 Å². The second-order valence-corrected chi connectivity index (χ2v) is 11.3. The van der Waals surface area contributed by atoms with Gasteiger partial charge in [-0.25, -0.2) is 0 Å². The van der Waals surface area contributed by atoms with Gasteiger partial charge in [0.05, 0.1) is 6.10 Å². The van der Waals surface area contributed by atoms with Gasteiger partial charge in [-0.3, -0.25) is 4.79 Å². The summed E-state index contributed by atoms with van der Waals surface area (Å²) in [7, 11) is 0. The van der Waals surface area contributed by atoms with E-state index in [1.807, 2.05) is 0 Å². The number of aliphatic carboxylic acids is 1. The third-order valence-corrected chi connectivity index (χ3v) is 6.35. The lowest BCUT2D eigenvalue weighted by atomic mass is 9.89. The molecule has 3 nitrogen and oxygen atoms in total. The van der Waals surface area contributed by atoms with E-state index in [1.54, 1.807) is 0 Å². The van der Waals surface area contributed by atoms with Crippen LogP contribution in [0, 0.1) is 5.41 Å². The fourth-order valence-electron chi connectivity index (χ4n) is 4.10. The van der Waals surface area contributed by atoms with Crippen LogP contribution >= 0.6 is 0 Å². The first-order chi connectivity index (χ1) is 15.7. The Balaban J connectivity index is 0. The molecule has 1 unspecified atom stereocenters. The number of hydrogen-bond donors (Lipinski definition) is 2. The molecule has 0 rings (SSSR count). The highest BCUT2D eigenvalue weighted by Crippen LogP contribution is 2.22. The quantitative estimate of drug-likeness (QED) is 0.155. The van der Waals surface area contributed by atoms with Crippen LogP contribution in [-0.2, 0) is 4.79 Å². The van der Waals surface area contributed by atoms with Gasteiger partial charge in [-0.05, 0) is 31.1 Å². The summed E-state index contributed by atoms with van der Waals surface area (Å²) in [6.07, 6.45) is 26.9. The van der Waals surface area contributed by atoms with E-state index in [9.17, 15) is 9.90 Å². The van der Waals surface area contributed by atoms with Crippen LogP contribution in [0.25, 0.3) is 0 Å². The molecule has 200 valence electrons. The SMILES string of the molecule is CC(C)(C)CCCCCC(=O)O.CCCCCCCCCCCC(O)CCCCCCCC. The Labute approximate surface area is 208 Å². The first-order valence-corrected chi connectivity index (χ1v) is 14.6. The Bertz CT molecular complexity index is 386. The molecular weight excluding hydrogens is 408 g/mol. The second-order valence-electron chi connectivity index (χ2n) is 11.3. The Morgan fingerprint density at radius 1 is 0.606 bits per heavy atom. The minimum Gasteiger partial charge on any atom is -0.481 e. The van der Waals surface area contributed by atoms with Crippen LogP contribution in [0.4, 0.5) is 0 Å². The monoisotopic (exact) mass is 470 g/mol. The summed E-state index contributed by atoms with van der Waals surface area (Å²) in [6.45, 7) is 11.2. The number of aliphatic hydroxyl groups is 1. The van der Waals surface area contributed by atoms with Crippen molar-refractivity contribution in [3.8, 4) is 0 Å². The molecule has 0 fully saturated rings. The van der Waals surface area contributed by atoms with Crippen LogP contribution in [0.1, 0.15) is 176 Å². The molecule has 0 heterocycles. The van der Waals surface area contributed by atoms with E-state index < -0.39 is 5.97 Å². The molecule has 0 saturated carbocycles. The largest absolute Gasteiger partial charge is 0.481 e. The molecule has 0 aliphatic heterocycles. The fourth-order valence-corrected chi connectivity index (χ4v) is 4.10. The Kier molecular flexibility index (Phi) is 27.3. The molecular formula is C30H62O3. The zero-order valence-electron chi connectivity index (χ0n) is 23.4. The van der Waals surface area contributed by atoms with Crippen LogP contribution in [0.15, 0.2) is 0 Å². The molecule has 0 aromatic carbocycles. The van der Waals surface area contributed by atoms with Crippen molar-refractivity contribution in [2.45, 2.75) is 182 Å². The summed E-state index contributed by atoms with van der Waals surface area (Å²) < 4.78 is 0. The minimum atomic E-state index is -0.675. The lowest BCUT2D eigenvalue weighted by molar-refractivity contribution is -0.137. The maximum absolute atomic E-state index is 10.2. The van der Waals surface area contributed by atoms with Crippen molar-refractivity contribution in [2.24, 2.45) is 5.41 Å². The van der Waals surface area contributed by atoms with Crippen LogP contribution in [0.2, 0.25) is 0 Å². The molecule has 0 aliphatic carbocycles. The molecule has 0 radical (unpaired) electrons.